The van der Waals surface area contributed by atoms with Crippen LogP contribution in [-0.2, 0) is 11.2 Å². The Morgan fingerprint density at radius 2 is 1.44 bits per heavy atom. The van der Waals surface area contributed by atoms with Gasteiger partial charge in [-0.25, -0.2) is 9.59 Å². The molecule has 0 amide bonds. The molecule has 0 aliphatic carbocycles. The van der Waals surface area contributed by atoms with Crippen LogP contribution in [0.3, 0.4) is 0 Å². The third kappa shape index (κ3) is 7.27. The van der Waals surface area contributed by atoms with E-state index >= 15 is 0 Å². The lowest BCUT2D eigenvalue weighted by Gasteiger charge is -2.10. The molecule has 0 aromatic heterocycles. The van der Waals surface area contributed by atoms with Crippen molar-refractivity contribution < 1.29 is 23.8 Å². The number of carbonyl (C=O) groups is 2. The molecule has 3 aromatic rings. The summed E-state index contributed by atoms with van der Waals surface area (Å²) in [6, 6.07) is 23.3. The summed E-state index contributed by atoms with van der Waals surface area (Å²) < 4.78 is 16.5. The lowest BCUT2D eigenvalue weighted by atomic mass is 10.1. The Morgan fingerprint density at radius 1 is 0.781 bits per heavy atom. The molecule has 0 radical (unpaired) electrons. The molecular weight excluding hydrogens is 404 g/mol. The van der Waals surface area contributed by atoms with Gasteiger partial charge in [-0.3, -0.25) is 0 Å². The van der Waals surface area contributed by atoms with E-state index in [1.807, 2.05) is 30.3 Å². The molecule has 3 rings (SSSR count). The number of hydrogen-bond donors (Lipinski definition) is 0. The maximum atomic E-state index is 12.5. The SMILES string of the molecule is CC(C)COc1cccc(C(=O)Oc2cccc(C(=O)OCCCc3ccccc3)c2)c1. The third-order valence-electron chi connectivity index (χ3n) is 4.62. The van der Waals surface area contributed by atoms with Crippen molar-refractivity contribution in [1.29, 1.82) is 0 Å². The van der Waals surface area contributed by atoms with E-state index < -0.39 is 11.9 Å². The van der Waals surface area contributed by atoms with Gasteiger partial charge in [0.15, 0.2) is 0 Å². The highest BCUT2D eigenvalue weighted by molar-refractivity contribution is 5.93. The topological polar surface area (TPSA) is 61.8 Å². The first-order valence-electron chi connectivity index (χ1n) is 10.8. The first-order valence-corrected chi connectivity index (χ1v) is 10.8. The van der Waals surface area contributed by atoms with Crippen LogP contribution >= 0.6 is 0 Å². The fraction of sp³-hybridized carbons (Fsp3) is 0.259. The Balaban J connectivity index is 1.53. The van der Waals surface area contributed by atoms with E-state index in [4.69, 9.17) is 14.2 Å². The van der Waals surface area contributed by atoms with Gasteiger partial charge in [-0.15, -0.1) is 0 Å². The normalized spacial score (nSPS) is 10.6. The number of benzene rings is 3. The molecule has 0 unspecified atom stereocenters. The average molecular weight is 433 g/mol. The first-order chi connectivity index (χ1) is 15.5. The summed E-state index contributed by atoms with van der Waals surface area (Å²) in [6.45, 7) is 4.99. The van der Waals surface area contributed by atoms with Gasteiger partial charge in [0.25, 0.3) is 0 Å². The molecule has 3 aromatic carbocycles. The maximum absolute atomic E-state index is 12.5. The Bertz CT molecular complexity index is 1030. The molecule has 0 spiro atoms. The lowest BCUT2D eigenvalue weighted by molar-refractivity contribution is 0.0498. The van der Waals surface area contributed by atoms with E-state index in [1.165, 1.54) is 11.6 Å². The van der Waals surface area contributed by atoms with Crippen molar-refractivity contribution in [3.63, 3.8) is 0 Å². The molecular formula is C27H28O5. The molecule has 0 atom stereocenters. The second-order valence-corrected chi connectivity index (χ2v) is 7.88. The van der Waals surface area contributed by atoms with Gasteiger partial charge in [0, 0.05) is 0 Å². The van der Waals surface area contributed by atoms with Gasteiger partial charge in [0.2, 0.25) is 0 Å². The molecule has 0 aliphatic heterocycles. The van der Waals surface area contributed by atoms with Crippen LogP contribution in [-0.4, -0.2) is 25.2 Å². The van der Waals surface area contributed by atoms with Gasteiger partial charge >= 0.3 is 11.9 Å². The summed E-state index contributed by atoms with van der Waals surface area (Å²) >= 11 is 0. The summed E-state index contributed by atoms with van der Waals surface area (Å²) in [5.74, 6) is 0.308. The summed E-state index contributed by atoms with van der Waals surface area (Å²) in [4.78, 5) is 24.9. The predicted molar refractivity (Wildman–Crippen MR) is 123 cm³/mol. The van der Waals surface area contributed by atoms with Crippen molar-refractivity contribution in [3.05, 3.63) is 95.6 Å². The highest BCUT2D eigenvalue weighted by atomic mass is 16.5. The van der Waals surface area contributed by atoms with Crippen molar-refractivity contribution in [2.45, 2.75) is 26.7 Å². The number of esters is 2. The molecule has 0 bridgehead atoms. The van der Waals surface area contributed by atoms with Crippen molar-refractivity contribution in [1.82, 2.24) is 0 Å². The average Bonchev–Trinajstić information content (AvgIpc) is 2.81. The molecule has 32 heavy (non-hydrogen) atoms. The fourth-order valence-electron chi connectivity index (χ4n) is 3.00. The molecule has 166 valence electrons. The van der Waals surface area contributed by atoms with Crippen LogP contribution in [0.2, 0.25) is 0 Å². The molecule has 0 heterocycles. The Hall–Kier alpha value is -3.60. The van der Waals surface area contributed by atoms with Gasteiger partial charge < -0.3 is 14.2 Å². The fourth-order valence-corrected chi connectivity index (χ4v) is 3.00. The summed E-state index contributed by atoms with van der Waals surface area (Å²) in [5, 5.41) is 0. The predicted octanol–water partition coefficient (Wildman–Crippen LogP) is 5.73. The standard InChI is InChI=1S/C27H28O5/c1-20(2)19-31-24-14-6-13-23(17-24)27(29)32-25-15-7-12-22(18-25)26(28)30-16-8-11-21-9-4-3-5-10-21/h3-7,9-10,12-15,17-18,20H,8,11,16,19H2,1-2H3. The number of hydrogen-bond acceptors (Lipinski definition) is 5. The van der Waals surface area contributed by atoms with Crippen LogP contribution in [0.1, 0.15) is 46.5 Å². The third-order valence-corrected chi connectivity index (χ3v) is 4.62. The Kier molecular flexibility index (Phi) is 8.44. The minimum absolute atomic E-state index is 0.280. The van der Waals surface area contributed by atoms with Crippen molar-refractivity contribution in [2.24, 2.45) is 5.92 Å². The van der Waals surface area contributed by atoms with Crippen LogP contribution in [0.5, 0.6) is 11.5 Å². The monoisotopic (exact) mass is 432 g/mol. The quantitative estimate of drug-likeness (QED) is 0.233. The highest BCUT2D eigenvalue weighted by Crippen LogP contribution is 2.19. The summed E-state index contributed by atoms with van der Waals surface area (Å²) in [5.41, 5.74) is 1.92. The van der Waals surface area contributed by atoms with Crippen LogP contribution < -0.4 is 9.47 Å². The largest absolute Gasteiger partial charge is 0.493 e. The van der Waals surface area contributed by atoms with E-state index in [0.29, 0.717) is 36.0 Å². The zero-order valence-electron chi connectivity index (χ0n) is 18.5. The first kappa shape index (κ1) is 23.1. The number of aryl methyl sites for hydroxylation is 1. The Labute approximate surface area is 188 Å². The second kappa shape index (κ2) is 11.7. The van der Waals surface area contributed by atoms with Crippen LogP contribution in [0.4, 0.5) is 0 Å². The van der Waals surface area contributed by atoms with Gasteiger partial charge in [0.1, 0.15) is 11.5 Å². The molecule has 0 fully saturated rings. The number of carbonyl (C=O) groups excluding carboxylic acids is 2. The van der Waals surface area contributed by atoms with E-state index in [9.17, 15) is 9.59 Å². The van der Waals surface area contributed by atoms with Gasteiger partial charge in [-0.2, -0.15) is 0 Å². The number of ether oxygens (including phenoxy) is 3. The summed E-state index contributed by atoms with van der Waals surface area (Å²) in [6.07, 6.45) is 1.57. The lowest BCUT2D eigenvalue weighted by Crippen LogP contribution is -2.11. The zero-order valence-corrected chi connectivity index (χ0v) is 18.5. The van der Waals surface area contributed by atoms with E-state index in [2.05, 4.69) is 13.8 Å². The van der Waals surface area contributed by atoms with Crippen LogP contribution in [0.25, 0.3) is 0 Å². The minimum atomic E-state index is -0.520. The summed E-state index contributed by atoms with van der Waals surface area (Å²) in [7, 11) is 0. The van der Waals surface area contributed by atoms with Gasteiger partial charge in [-0.05, 0) is 60.7 Å². The maximum Gasteiger partial charge on any atom is 0.343 e. The second-order valence-electron chi connectivity index (χ2n) is 7.88. The molecule has 0 saturated carbocycles. The van der Waals surface area contributed by atoms with Gasteiger partial charge in [0.05, 0.1) is 24.3 Å². The van der Waals surface area contributed by atoms with Crippen molar-refractivity contribution >= 4 is 11.9 Å². The van der Waals surface area contributed by atoms with E-state index in [1.54, 1.807) is 42.5 Å². The van der Waals surface area contributed by atoms with Crippen LogP contribution in [0.15, 0.2) is 78.9 Å². The van der Waals surface area contributed by atoms with Crippen LogP contribution in [0, 0.1) is 5.92 Å². The highest BCUT2D eigenvalue weighted by Gasteiger charge is 2.13. The molecule has 0 saturated heterocycles. The molecule has 5 nitrogen and oxygen atoms in total. The molecule has 5 heteroatoms. The molecule has 0 aliphatic rings. The van der Waals surface area contributed by atoms with Crippen molar-refractivity contribution in [2.75, 3.05) is 13.2 Å². The van der Waals surface area contributed by atoms with E-state index in [0.717, 1.165) is 12.8 Å². The van der Waals surface area contributed by atoms with E-state index in [-0.39, 0.29) is 5.75 Å². The smallest absolute Gasteiger partial charge is 0.343 e. The van der Waals surface area contributed by atoms with Crippen molar-refractivity contribution in [3.8, 4) is 11.5 Å². The molecule has 0 N–H and O–H groups in total. The van der Waals surface area contributed by atoms with Gasteiger partial charge in [-0.1, -0.05) is 56.3 Å². The number of rotatable bonds is 10. The Morgan fingerprint density at radius 3 is 2.16 bits per heavy atom. The minimum Gasteiger partial charge on any atom is -0.493 e. The zero-order chi connectivity index (χ0) is 22.8.